The summed E-state index contributed by atoms with van der Waals surface area (Å²) in [5.74, 6) is 0.304. The highest BCUT2D eigenvalue weighted by Gasteiger charge is 2.47. The molecule has 0 amide bonds. The predicted molar refractivity (Wildman–Crippen MR) is 110 cm³/mol. The number of anilines is 1. The Balaban J connectivity index is 1.65. The van der Waals surface area contributed by atoms with Crippen LogP contribution in [0.5, 0.6) is 0 Å². The van der Waals surface area contributed by atoms with Crippen molar-refractivity contribution in [2.24, 2.45) is 4.99 Å². The van der Waals surface area contributed by atoms with Crippen LogP contribution in [0.3, 0.4) is 0 Å². The molecule has 1 fully saturated rings. The van der Waals surface area contributed by atoms with E-state index in [4.69, 9.17) is 23.2 Å². The van der Waals surface area contributed by atoms with Crippen LogP contribution in [0.15, 0.2) is 47.5 Å². The molecule has 0 saturated carbocycles. The van der Waals surface area contributed by atoms with Crippen LogP contribution < -0.4 is 4.90 Å². The highest BCUT2D eigenvalue weighted by atomic mass is 35.5. The molecule has 142 valence electrons. The SMILES string of the molecule is O=S1(=O)C[C@@H]2N=C(SCc3cccc(F)c3)N(c3cc(Cl)cc(Cl)c3)[C@@H]2C1. The minimum absolute atomic E-state index is 0.0342. The molecule has 27 heavy (non-hydrogen) atoms. The fourth-order valence-electron chi connectivity index (χ4n) is 3.39. The van der Waals surface area contributed by atoms with Crippen LogP contribution in [0.4, 0.5) is 10.1 Å². The monoisotopic (exact) mass is 444 g/mol. The van der Waals surface area contributed by atoms with Gasteiger partial charge in [0.1, 0.15) is 5.82 Å². The van der Waals surface area contributed by atoms with Gasteiger partial charge in [-0.05, 0) is 35.9 Å². The fourth-order valence-corrected chi connectivity index (χ4v) is 6.81. The molecule has 0 aliphatic carbocycles. The van der Waals surface area contributed by atoms with E-state index in [-0.39, 0.29) is 29.4 Å². The van der Waals surface area contributed by atoms with E-state index in [0.717, 1.165) is 5.56 Å². The molecule has 0 spiro atoms. The van der Waals surface area contributed by atoms with Crippen molar-refractivity contribution in [1.82, 2.24) is 0 Å². The Labute approximate surface area is 171 Å². The molecule has 2 atom stereocenters. The highest BCUT2D eigenvalue weighted by Crippen LogP contribution is 2.37. The van der Waals surface area contributed by atoms with Crippen molar-refractivity contribution >= 4 is 55.7 Å². The summed E-state index contributed by atoms with van der Waals surface area (Å²) in [5, 5.41) is 1.63. The van der Waals surface area contributed by atoms with E-state index in [1.807, 2.05) is 11.0 Å². The van der Waals surface area contributed by atoms with Gasteiger partial charge in [-0.15, -0.1) is 0 Å². The molecule has 4 rings (SSSR count). The summed E-state index contributed by atoms with van der Waals surface area (Å²) in [5.41, 5.74) is 1.54. The fraction of sp³-hybridized carbons (Fsp3) is 0.278. The molecular formula is C18H15Cl2FN2O2S2. The summed E-state index contributed by atoms with van der Waals surface area (Å²) in [7, 11) is -3.14. The number of rotatable bonds is 3. The molecule has 1 saturated heterocycles. The molecule has 2 heterocycles. The highest BCUT2D eigenvalue weighted by molar-refractivity contribution is 8.13. The second kappa shape index (κ2) is 7.28. The number of hydrogen-bond donors (Lipinski definition) is 0. The number of thioether (sulfide) groups is 1. The number of sulfone groups is 1. The quantitative estimate of drug-likeness (QED) is 0.703. The van der Waals surface area contributed by atoms with Crippen LogP contribution in [0.1, 0.15) is 5.56 Å². The van der Waals surface area contributed by atoms with Gasteiger partial charge >= 0.3 is 0 Å². The molecule has 0 aromatic heterocycles. The third-order valence-electron chi connectivity index (χ3n) is 4.49. The Bertz CT molecular complexity index is 1010. The smallest absolute Gasteiger partial charge is 0.164 e. The summed E-state index contributed by atoms with van der Waals surface area (Å²) < 4.78 is 37.6. The van der Waals surface area contributed by atoms with Gasteiger partial charge in [0.25, 0.3) is 0 Å². The lowest BCUT2D eigenvalue weighted by Gasteiger charge is -2.27. The second-order valence-corrected chi connectivity index (χ2v) is 10.5. The normalized spacial score (nSPS) is 23.4. The molecule has 4 nitrogen and oxygen atoms in total. The molecule has 0 unspecified atom stereocenters. The van der Waals surface area contributed by atoms with Gasteiger partial charge in [-0.25, -0.2) is 12.8 Å². The van der Waals surface area contributed by atoms with E-state index in [1.165, 1.54) is 23.9 Å². The second-order valence-electron chi connectivity index (χ2n) is 6.54. The van der Waals surface area contributed by atoms with Gasteiger partial charge in [0.05, 0.1) is 23.6 Å². The number of hydrogen-bond acceptors (Lipinski definition) is 5. The van der Waals surface area contributed by atoms with Gasteiger partial charge in [-0.1, -0.05) is 47.1 Å². The Hall–Kier alpha value is -1.28. The largest absolute Gasteiger partial charge is 0.315 e. The van der Waals surface area contributed by atoms with Gasteiger partial charge in [-0.3, -0.25) is 4.99 Å². The van der Waals surface area contributed by atoms with Crippen molar-refractivity contribution in [3.05, 3.63) is 63.9 Å². The number of fused-ring (bicyclic) bond motifs is 1. The van der Waals surface area contributed by atoms with Crippen molar-refractivity contribution in [2.45, 2.75) is 17.8 Å². The number of amidine groups is 1. The first-order chi connectivity index (χ1) is 12.8. The third kappa shape index (κ3) is 4.11. The summed E-state index contributed by atoms with van der Waals surface area (Å²) in [6.45, 7) is 0. The van der Waals surface area contributed by atoms with E-state index < -0.39 is 9.84 Å². The van der Waals surface area contributed by atoms with Gasteiger partial charge in [0.2, 0.25) is 0 Å². The van der Waals surface area contributed by atoms with Crippen LogP contribution in [0.25, 0.3) is 0 Å². The summed E-state index contributed by atoms with van der Waals surface area (Å²) >= 11 is 13.7. The van der Waals surface area contributed by atoms with Crippen molar-refractivity contribution in [3.63, 3.8) is 0 Å². The Morgan fingerprint density at radius 3 is 2.59 bits per heavy atom. The predicted octanol–water partition coefficient (Wildman–Crippen LogP) is 4.41. The molecule has 0 radical (unpaired) electrons. The first kappa shape index (κ1) is 19.1. The van der Waals surface area contributed by atoms with Crippen LogP contribution in [-0.2, 0) is 15.6 Å². The van der Waals surface area contributed by atoms with Crippen LogP contribution in [0, 0.1) is 5.82 Å². The Morgan fingerprint density at radius 2 is 1.89 bits per heavy atom. The summed E-state index contributed by atoms with van der Waals surface area (Å²) in [6, 6.07) is 10.9. The van der Waals surface area contributed by atoms with E-state index >= 15 is 0 Å². The topological polar surface area (TPSA) is 49.7 Å². The van der Waals surface area contributed by atoms with Gasteiger partial charge in [-0.2, -0.15) is 0 Å². The lowest BCUT2D eigenvalue weighted by Crippen LogP contribution is -2.39. The number of nitrogens with zero attached hydrogens (tertiary/aromatic N) is 2. The van der Waals surface area contributed by atoms with Crippen LogP contribution >= 0.6 is 35.0 Å². The zero-order valence-electron chi connectivity index (χ0n) is 14.0. The minimum atomic E-state index is -3.14. The van der Waals surface area contributed by atoms with Gasteiger partial charge in [0.15, 0.2) is 15.0 Å². The number of aliphatic imine (C=N–C) groups is 1. The Kier molecular flexibility index (Phi) is 5.14. The summed E-state index contributed by atoms with van der Waals surface area (Å²) in [4.78, 5) is 6.55. The zero-order chi connectivity index (χ0) is 19.2. The molecular weight excluding hydrogens is 430 g/mol. The maximum Gasteiger partial charge on any atom is 0.164 e. The lowest BCUT2D eigenvalue weighted by atomic mass is 10.1. The maximum atomic E-state index is 13.4. The summed E-state index contributed by atoms with van der Waals surface area (Å²) in [6.07, 6.45) is 0. The van der Waals surface area contributed by atoms with Crippen molar-refractivity contribution in [1.29, 1.82) is 0 Å². The Morgan fingerprint density at radius 1 is 1.15 bits per heavy atom. The first-order valence-electron chi connectivity index (χ1n) is 8.21. The van der Waals surface area contributed by atoms with Gasteiger partial charge < -0.3 is 4.90 Å². The number of halogens is 3. The standard InChI is InChI=1S/C18H15Cl2FN2O2S2/c19-12-5-13(20)7-15(6-12)23-17-10-27(24,25)9-16(17)22-18(23)26-8-11-2-1-3-14(21)4-11/h1-7,16-17H,8-10H2/t16-,17+/m0/s1. The lowest BCUT2D eigenvalue weighted by molar-refractivity contribution is 0.601. The number of benzene rings is 2. The molecule has 2 aliphatic rings. The van der Waals surface area contributed by atoms with Crippen molar-refractivity contribution < 1.29 is 12.8 Å². The maximum absolute atomic E-state index is 13.4. The molecule has 2 aromatic rings. The first-order valence-corrected chi connectivity index (χ1v) is 11.8. The molecule has 2 aliphatic heterocycles. The molecule has 0 bridgehead atoms. The van der Waals surface area contributed by atoms with E-state index in [1.54, 1.807) is 24.3 Å². The van der Waals surface area contributed by atoms with E-state index in [9.17, 15) is 12.8 Å². The zero-order valence-corrected chi connectivity index (χ0v) is 17.1. The molecule has 2 aromatic carbocycles. The van der Waals surface area contributed by atoms with Gasteiger partial charge in [0, 0.05) is 21.5 Å². The third-order valence-corrected chi connectivity index (χ3v) is 7.66. The van der Waals surface area contributed by atoms with E-state index in [0.29, 0.717) is 26.7 Å². The molecule has 0 N–H and O–H groups in total. The van der Waals surface area contributed by atoms with E-state index in [2.05, 4.69) is 4.99 Å². The van der Waals surface area contributed by atoms with Crippen molar-refractivity contribution in [3.8, 4) is 0 Å². The van der Waals surface area contributed by atoms with Crippen LogP contribution in [-0.4, -0.2) is 37.2 Å². The van der Waals surface area contributed by atoms with Crippen molar-refractivity contribution in [2.75, 3.05) is 16.4 Å². The average Bonchev–Trinajstić information content (AvgIpc) is 3.03. The molecule has 9 heteroatoms. The average molecular weight is 445 g/mol. The minimum Gasteiger partial charge on any atom is -0.315 e. The van der Waals surface area contributed by atoms with Crippen LogP contribution in [0.2, 0.25) is 10.0 Å².